The third kappa shape index (κ3) is 4.97. The molecule has 0 fully saturated rings. The summed E-state index contributed by atoms with van der Waals surface area (Å²) < 4.78 is 6.02. The number of aryl methyl sites for hydroxylation is 1. The van der Waals surface area contributed by atoms with Crippen LogP contribution in [-0.2, 0) is 0 Å². The average molecular weight is 256 g/mol. The lowest BCUT2D eigenvalue weighted by Gasteiger charge is -2.20. The zero-order valence-electron chi connectivity index (χ0n) is 10.9. The van der Waals surface area contributed by atoms with E-state index >= 15 is 0 Å². The van der Waals surface area contributed by atoms with Crippen molar-refractivity contribution < 1.29 is 4.74 Å². The quantitative estimate of drug-likeness (QED) is 0.800. The Balaban J connectivity index is 2.64. The first-order chi connectivity index (χ1) is 8.17. The highest BCUT2D eigenvalue weighted by atomic mass is 35.5. The van der Waals surface area contributed by atoms with Gasteiger partial charge in [-0.25, -0.2) is 0 Å². The molecule has 0 amide bonds. The summed E-state index contributed by atoms with van der Waals surface area (Å²) in [5, 5.41) is 4.09. The molecular formula is C14H22ClNO. The molecule has 0 spiro atoms. The van der Waals surface area contributed by atoms with Gasteiger partial charge in [-0.2, -0.15) is 0 Å². The summed E-state index contributed by atoms with van der Waals surface area (Å²) >= 11 is 5.93. The number of hydrogen-bond donors (Lipinski definition) is 1. The Hall–Kier alpha value is -0.730. The van der Waals surface area contributed by atoms with E-state index in [1.54, 1.807) is 0 Å². The molecule has 1 N–H and O–H groups in total. The minimum Gasteiger partial charge on any atom is -0.489 e. The topological polar surface area (TPSA) is 21.3 Å². The lowest BCUT2D eigenvalue weighted by atomic mass is 10.2. The minimum absolute atomic E-state index is 0.236. The molecule has 0 saturated heterocycles. The summed E-state index contributed by atoms with van der Waals surface area (Å²) in [5.41, 5.74) is 1.09. The second-order valence-corrected chi connectivity index (χ2v) is 4.68. The molecule has 0 heterocycles. The Morgan fingerprint density at radius 3 is 2.71 bits per heavy atom. The van der Waals surface area contributed by atoms with E-state index < -0.39 is 0 Å². The fraction of sp³-hybridized carbons (Fsp3) is 0.571. The van der Waals surface area contributed by atoms with Gasteiger partial charge < -0.3 is 10.1 Å². The molecule has 96 valence electrons. The lowest BCUT2D eigenvalue weighted by molar-refractivity contribution is 0.186. The predicted octanol–water partition coefficient (Wildman–Crippen LogP) is 3.81. The molecule has 1 aromatic carbocycles. The molecule has 2 nitrogen and oxygen atoms in total. The zero-order chi connectivity index (χ0) is 12.7. The zero-order valence-corrected chi connectivity index (χ0v) is 11.7. The van der Waals surface area contributed by atoms with Gasteiger partial charge in [0.15, 0.2) is 0 Å². The van der Waals surface area contributed by atoms with Crippen molar-refractivity contribution in [1.29, 1.82) is 0 Å². The van der Waals surface area contributed by atoms with Gasteiger partial charge in [-0.15, -0.1) is 0 Å². The standard InChI is InChI=1S/C14H22ClNO/c1-4-6-13(10-16-5-2)17-14-8-7-12(15)9-11(14)3/h7-9,13,16H,4-6,10H2,1-3H3. The van der Waals surface area contributed by atoms with E-state index in [0.717, 1.165) is 42.3 Å². The number of hydrogen-bond acceptors (Lipinski definition) is 2. The maximum Gasteiger partial charge on any atom is 0.122 e. The fourth-order valence-corrected chi connectivity index (χ4v) is 1.98. The van der Waals surface area contributed by atoms with Crippen LogP contribution in [0.3, 0.4) is 0 Å². The molecule has 0 aromatic heterocycles. The monoisotopic (exact) mass is 255 g/mol. The molecule has 3 heteroatoms. The second kappa shape index (κ2) is 7.57. The van der Waals surface area contributed by atoms with Crippen LogP contribution < -0.4 is 10.1 Å². The maximum absolute atomic E-state index is 6.02. The predicted molar refractivity (Wildman–Crippen MR) is 74.1 cm³/mol. The van der Waals surface area contributed by atoms with Crippen LogP contribution in [0.5, 0.6) is 5.75 Å². The van der Waals surface area contributed by atoms with Crippen molar-refractivity contribution in [2.45, 2.75) is 39.7 Å². The first-order valence-corrected chi connectivity index (χ1v) is 6.68. The van der Waals surface area contributed by atoms with Crippen LogP contribution in [0.1, 0.15) is 32.3 Å². The van der Waals surface area contributed by atoms with Gasteiger partial charge in [-0.1, -0.05) is 31.9 Å². The first kappa shape index (κ1) is 14.3. The van der Waals surface area contributed by atoms with Crippen molar-refractivity contribution in [3.05, 3.63) is 28.8 Å². The maximum atomic E-state index is 6.02. The Morgan fingerprint density at radius 1 is 1.35 bits per heavy atom. The summed E-state index contributed by atoms with van der Waals surface area (Å²) in [6.45, 7) is 8.18. The SMILES string of the molecule is CCCC(CNCC)Oc1ccc(Cl)cc1C. The molecule has 1 atom stereocenters. The van der Waals surface area contributed by atoms with Gasteiger partial charge in [-0.3, -0.25) is 0 Å². The Kier molecular flexibility index (Phi) is 6.38. The van der Waals surface area contributed by atoms with Crippen molar-refractivity contribution in [3.8, 4) is 5.75 Å². The van der Waals surface area contributed by atoms with Crippen LogP contribution in [0.2, 0.25) is 5.02 Å². The van der Waals surface area contributed by atoms with Crippen LogP contribution in [0.15, 0.2) is 18.2 Å². The Morgan fingerprint density at radius 2 is 2.12 bits per heavy atom. The highest BCUT2D eigenvalue weighted by molar-refractivity contribution is 6.30. The van der Waals surface area contributed by atoms with Crippen LogP contribution in [0.25, 0.3) is 0 Å². The van der Waals surface area contributed by atoms with E-state index in [1.165, 1.54) is 0 Å². The van der Waals surface area contributed by atoms with Crippen molar-refractivity contribution >= 4 is 11.6 Å². The molecule has 1 unspecified atom stereocenters. The third-order valence-corrected chi connectivity index (χ3v) is 2.90. The molecule has 0 aliphatic heterocycles. The van der Waals surface area contributed by atoms with Crippen molar-refractivity contribution in [2.24, 2.45) is 0 Å². The van der Waals surface area contributed by atoms with Gasteiger partial charge >= 0.3 is 0 Å². The van der Waals surface area contributed by atoms with E-state index in [0.29, 0.717) is 0 Å². The highest BCUT2D eigenvalue weighted by Gasteiger charge is 2.10. The van der Waals surface area contributed by atoms with Crippen LogP contribution in [0.4, 0.5) is 0 Å². The average Bonchev–Trinajstić information content (AvgIpc) is 2.29. The van der Waals surface area contributed by atoms with Crippen molar-refractivity contribution in [1.82, 2.24) is 5.32 Å². The van der Waals surface area contributed by atoms with E-state index in [1.807, 2.05) is 25.1 Å². The van der Waals surface area contributed by atoms with Crippen LogP contribution in [-0.4, -0.2) is 19.2 Å². The van der Waals surface area contributed by atoms with E-state index in [-0.39, 0.29) is 6.10 Å². The Bertz CT molecular complexity index is 341. The van der Waals surface area contributed by atoms with Crippen LogP contribution >= 0.6 is 11.6 Å². The van der Waals surface area contributed by atoms with Crippen molar-refractivity contribution in [3.63, 3.8) is 0 Å². The molecular weight excluding hydrogens is 234 g/mol. The number of rotatable bonds is 7. The summed E-state index contributed by atoms with van der Waals surface area (Å²) in [6.07, 6.45) is 2.43. The number of nitrogens with one attached hydrogen (secondary N) is 1. The van der Waals surface area contributed by atoms with E-state index in [2.05, 4.69) is 19.2 Å². The summed E-state index contributed by atoms with van der Waals surface area (Å²) in [5.74, 6) is 0.936. The van der Waals surface area contributed by atoms with Crippen molar-refractivity contribution in [2.75, 3.05) is 13.1 Å². The number of likely N-dealkylation sites (N-methyl/N-ethyl adjacent to an activating group) is 1. The molecule has 17 heavy (non-hydrogen) atoms. The molecule has 1 aromatic rings. The highest BCUT2D eigenvalue weighted by Crippen LogP contribution is 2.23. The first-order valence-electron chi connectivity index (χ1n) is 6.30. The van der Waals surface area contributed by atoms with Gasteiger partial charge in [0, 0.05) is 11.6 Å². The third-order valence-electron chi connectivity index (χ3n) is 2.66. The smallest absolute Gasteiger partial charge is 0.122 e. The van der Waals surface area contributed by atoms with Gasteiger partial charge in [0.25, 0.3) is 0 Å². The van der Waals surface area contributed by atoms with Gasteiger partial charge in [0.05, 0.1) is 0 Å². The van der Waals surface area contributed by atoms with E-state index in [9.17, 15) is 0 Å². The molecule has 0 saturated carbocycles. The van der Waals surface area contributed by atoms with Gasteiger partial charge in [0.1, 0.15) is 11.9 Å². The number of benzene rings is 1. The normalized spacial score (nSPS) is 12.5. The van der Waals surface area contributed by atoms with Gasteiger partial charge in [-0.05, 0) is 43.7 Å². The summed E-state index contributed by atoms with van der Waals surface area (Å²) in [7, 11) is 0. The lowest BCUT2D eigenvalue weighted by Crippen LogP contribution is -2.31. The minimum atomic E-state index is 0.236. The number of ether oxygens (including phenoxy) is 1. The van der Waals surface area contributed by atoms with Gasteiger partial charge in [0.2, 0.25) is 0 Å². The molecule has 0 aliphatic rings. The molecule has 0 aliphatic carbocycles. The summed E-state index contributed by atoms with van der Waals surface area (Å²) in [6, 6.07) is 5.76. The Labute approximate surface area is 109 Å². The molecule has 0 radical (unpaired) electrons. The second-order valence-electron chi connectivity index (χ2n) is 4.25. The molecule has 1 rings (SSSR count). The fourth-order valence-electron chi connectivity index (χ4n) is 1.75. The molecule has 0 bridgehead atoms. The largest absolute Gasteiger partial charge is 0.489 e. The summed E-state index contributed by atoms with van der Waals surface area (Å²) in [4.78, 5) is 0. The van der Waals surface area contributed by atoms with Crippen LogP contribution in [0, 0.1) is 6.92 Å². The number of halogens is 1. The van der Waals surface area contributed by atoms with E-state index in [4.69, 9.17) is 16.3 Å².